The largest absolute Gasteiger partial charge is 0.480 e. The number of piperidine rings is 1. The molecule has 1 fully saturated rings. The second kappa shape index (κ2) is 7.36. The molecule has 0 aliphatic carbocycles. The molecule has 2 N–H and O–H groups in total. The zero-order chi connectivity index (χ0) is 13.5. The lowest BCUT2D eigenvalue weighted by Gasteiger charge is -2.32. The Balaban J connectivity index is 2.34. The number of carbonyl (C=O) groups is 2. The quantitative estimate of drug-likeness (QED) is 0.746. The Morgan fingerprint density at radius 1 is 1.39 bits per heavy atom. The van der Waals surface area contributed by atoms with E-state index < -0.39 is 12.0 Å². The Kier molecular flexibility index (Phi) is 6.12. The van der Waals surface area contributed by atoms with Gasteiger partial charge in [-0.25, -0.2) is 0 Å². The van der Waals surface area contributed by atoms with Gasteiger partial charge in [-0.2, -0.15) is 0 Å². The van der Waals surface area contributed by atoms with Gasteiger partial charge in [-0.05, 0) is 31.7 Å². The van der Waals surface area contributed by atoms with Crippen molar-refractivity contribution in [3.05, 3.63) is 0 Å². The third-order valence-electron chi connectivity index (χ3n) is 3.29. The molecule has 0 bridgehead atoms. The zero-order valence-electron chi connectivity index (χ0n) is 11.3. The maximum Gasteiger partial charge on any atom is 0.320 e. The van der Waals surface area contributed by atoms with Crippen LogP contribution in [0.4, 0.5) is 0 Å². The highest BCUT2D eigenvalue weighted by molar-refractivity contribution is 5.80. The summed E-state index contributed by atoms with van der Waals surface area (Å²) in [6.07, 6.45) is 3.51. The summed E-state index contributed by atoms with van der Waals surface area (Å²) in [4.78, 5) is 24.6. The molecule has 1 amide bonds. The van der Waals surface area contributed by atoms with Gasteiger partial charge in [0.2, 0.25) is 5.91 Å². The van der Waals surface area contributed by atoms with Gasteiger partial charge in [-0.15, -0.1) is 0 Å². The highest BCUT2D eigenvalue weighted by Crippen LogP contribution is 2.16. The lowest BCUT2D eigenvalue weighted by molar-refractivity contribution is -0.145. The highest BCUT2D eigenvalue weighted by Gasteiger charge is 2.29. The predicted molar refractivity (Wildman–Crippen MR) is 69.3 cm³/mol. The van der Waals surface area contributed by atoms with E-state index in [1.807, 2.05) is 0 Å². The molecule has 1 aliphatic rings. The van der Waals surface area contributed by atoms with Crippen LogP contribution in [0.2, 0.25) is 0 Å². The van der Waals surface area contributed by atoms with Crippen molar-refractivity contribution >= 4 is 11.9 Å². The van der Waals surface area contributed by atoms with Crippen molar-refractivity contribution in [1.29, 1.82) is 0 Å². The third-order valence-corrected chi connectivity index (χ3v) is 3.29. The minimum Gasteiger partial charge on any atom is -0.480 e. The topological polar surface area (TPSA) is 69.6 Å². The van der Waals surface area contributed by atoms with Gasteiger partial charge < -0.3 is 10.4 Å². The average Bonchev–Trinajstić information content (AvgIpc) is 2.28. The molecule has 0 radical (unpaired) electrons. The van der Waals surface area contributed by atoms with Crippen LogP contribution in [0.3, 0.4) is 0 Å². The van der Waals surface area contributed by atoms with Gasteiger partial charge in [0.05, 0.1) is 6.54 Å². The first-order chi connectivity index (χ1) is 8.50. The summed E-state index contributed by atoms with van der Waals surface area (Å²) in [6, 6.07) is -0.491. The number of likely N-dealkylation sites (tertiary alicyclic amines) is 1. The molecular weight excluding hydrogens is 232 g/mol. The van der Waals surface area contributed by atoms with Gasteiger partial charge >= 0.3 is 5.97 Å². The molecule has 1 rings (SSSR count). The van der Waals surface area contributed by atoms with Crippen molar-refractivity contribution in [3.63, 3.8) is 0 Å². The lowest BCUT2D eigenvalue weighted by Crippen LogP contribution is -2.49. The summed E-state index contributed by atoms with van der Waals surface area (Å²) < 4.78 is 0. The van der Waals surface area contributed by atoms with Crippen LogP contribution in [0.15, 0.2) is 0 Å². The number of rotatable bonds is 6. The second-order valence-electron chi connectivity index (χ2n) is 5.35. The molecule has 1 saturated heterocycles. The summed E-state index contributed by atoms with van der Waals surface area (Å²) in [7, 11) is 0. The van der Waals surface area contributed by atoms with Crippen molar-refractivity contribution < 1.29 is 14.7 Å². The van der Waals surface area contributed by atoms with Crippen LogP contribution in [-0.2, 0) is 9.59 Å². The molecule has 0 aromatic rings. The Bertz CT molecular complexity index is 292. The maximum absolute atomic E-state index is 11.7. The number of hydrogen-bond donors (Lipinski definition) is 2. The molecule has 104 valence electrons. The Morgan fingerprint density at radius 2 is 2.11 bits per heavy atom. The normalized spacial score (nSPS) is 20.9. The van der Waals surface area contributed by atoms with E-state index in [1.54, 1.807) is 4.90 Å². The van der Waals surface area contributed by atoms with Crippen molar-refractivity contribution in [1.82, 2.24) is 10.2 Å². The lowest BCUT2D eigenvalue weighted by atomic mass is 10.0. The van der Waals surface area contributed by atoms with E-state index in [0.29, 0.717) is 25.4 Å². The number of carboxylic acid groups (broad SMARTS) is 1. The Morgan fingerprint density at radius 3 is 2.72 bits per heavy atom. The fourth-order valence-corrected chi connectivity index (χ4v) is 2.20. The SMILES string of the molecule is CC(C)CCNC(=O)CN1CCCCC1C(=O)O. The molecule has 1 aliphatic heterocycles. The molecule has 1 heterocycles. The summed E-state index contributed by atoms with van der Waals surface area (Å²) >= 11 is 0. The van der Waals surface area contributed by atoms with Gasteiger partial charge in [0.1, 0.15) is 6.04 Å². The smallest absolute Gasteiger partial charge is 0.320 e. The van der Waals surface area contributed by atoms with E-state index in [-0.39, 0.29) is 12.5 Å². The minimum absolute atomic E-state index is 0.0659. The number of hydrogen-bond acceptors (Lipinski definition) is 3. The molecule has 0 spiro atoms. The van der Waals surface area contributed by atoms with Crippen molar-refractivity contribution in [3.8, 4) is 0 Å². The standard InChI is InChI=1S/C13H24N2O3/c1-10(2)6-7-14-12(16)9-15-8-4-3-5-11(15)13(17)18/h10-11H,3-9H2,1-2H3,(H,14,16)(H,17,18). The predicted octanol–water partition coefficient (Wildman–Crippen LogP) is 1.09. The third kappa shape index (κ3) is 5.04. The average molecular weight is 256 g/mol. The van der Waals surface area contributed by atoms with Crippen LogP contribution < -0.4 is 5.32 Å². The summed E-state index contributed by atoms with van der Waals surface area (Å²) in [5, 5.41) is 11.9. The summed E-state index contributed by atoms with van der Waals surface area (Å²) in [6.45, 7) is 5.79. The van der Waals surface area contributed by atoms with Gasteiger partial charge in [0.15, 0.2) is 0 Å². The number of carboxylic acids is 1. The number of aliphatic carboxylic acids is 1. The fraction of sp³-hybridized carbons (Fsp3) is 0.846. The second-order valence-corrected chi connectivity index (χ2v) is 5.35. The van der Waals surface area contributed by atoms with Gasteiger partial charge in [-0.1, -0.05) is 20.3 Å². The van der Waals surface area contributed by atoms with E-state index in [9.17, 15) is 9.59 Å². The maximum atomic E-state index is 11.7. The Hall–Kier alpha value is -1.10. The molecule has 0 aromatic carbocycles. The molecule has 5 heteroatoms. The monoisotopic (exact) mass is 256 g/mol. The van der Waals surface area contributed by atoms with Crippen LogP contribution in [0.5, 0.6) is 0 Å². The number of nitrogens with one attached hydrogen (secondary N) is 1. The molecule has 1 unspecified atom stereocenters. The van der Waals surface area contributed by atoms with Gasteiger partial charge in [-0.3, -0.25) is 14.5 Å². The Labute approximate surface area is 109 Å². The van der Waals surface area contributed by atoms with Crippen LogP contribution >= 0.6 is 0 Å². The van der Waals surface area contributed by atoms with E-state index in [2.05, 4.69) is 19.2 Å². The van der Waals surface area contributed by atoms with Crippen LogP contribution in [0.1, 0.15) is 39.5 Å². The van der Waals surface area contributed by atoms with E-state index >= 15 is 0 Å². The summed E-state index contributed by atoms with van der Waals surface area (Å²) in [5.74, 6) is -0.319. The first-order valence-electron chi connectivity index (χ1n) is 6.74. The first-order valence-corrected chi connectivity index (χ1v) is 6.74. The van der Waals surface area contributed by atoms with Crippen molar-refractivity contribution in [2.75, 3.05) is 19.6 Å². The van der Waals surface area contributed by atoms with E-state index in [4.69, 9.17) is 5.11 Å². The first kappa shape index (κ1) is 15.0. The van der Waals surface area contributed by atoms with Crippen molar-refractivity contribution in [2.45, 2.75) is 45.6 Å². The van der Waals surface area contributed by atoms with Crippen molar-refractivity contribution in [2.24, 2.45) is 5.92 Å². The number of amides is 1. The minimum atomic E-state index is -0.815. The fourth-order valence-electron chi connectivity index (χ4n) is 2.20. The van der Waals surface area contributed by atoms with Gasteiger partial charge in [0, 0.05) is 6.54 Å². The van der Waals surface area contributed by atoms with Crippen LogP contribution in [0.25, 0.3) is 0 Å². The van der Waals surface area contributed by atoms with E-state index in [0.717, 1.165) is 19.3 Å². The molecule has 1 atom stereocenters. The highest BCUT2D eigenvalue weighted by atomic mass is 16.4. The molecule has 0 saturated carbocycles. The molecule has 18 heavy (non-hydrogen) atoms. The van der Waals surface area contributed by atoms with Gasteiger partial charge in [0.25, 0.3) is 0 Å². The summed E-state index contributed by atoms with van der Waals surface area (Å²) in [5.41, 5.74) is 0. The molecule has 0 aromatic heterocycles. The number of nitrogens with zero attached hydrogens (tertiary/aromatic N) is 1. The molecule has 5 nitrogen and oxygen atoms in total. The zero-order valence-corrected chi connectivity index (χ0v) is 11.3. The van der Waals surface area contributed by atoms with Crippen LogP contribution in [-0.4, -0.2) is 47.6 Å². The number of carbonyl (C=O) groups excluding carboxylic acids is 1. The van der Waals surface area contributed by atoms with E-state index in [1.165, 1.54) is 0 Å². The van der Waals surface area contributed by atoms with Crippen LogP contribution in [0, 0.1) is 5.92 Å². The molecular formula is C13H24N2O3.